The first-order valence-corrected chi connectivity index (χ1v) is 3.43. The Morgan fingerprint density at radius 3 is 2.45 bits per heavy atom. The van der Waals surface area contributed by atoms with Crippen LogP contribution in [-0.2, 0) is 4.74 Å². The van der Waals surface area contributed by atoms with Crippen molar-refractivity contribution in [3.8, 4) is 0 Å². The number of hydrogen-bond acceptors (Lipinski definition) is 2. The maximum Gasteiger partial charge on any atom is 0.435 e. The maximum absolute atomic E-state index is 10.7. The summed E-state index contributed by atoms with van der Waals surface area (Å²) in [7, 11) is 3.57. The molecule has 11 heavy (non-hydrogen) atoms. The highest BCUT2D eigenvalue weighted by Crippen LogP contribution is 1.90. The lowest BCUT2D eigenvalue weighted by atomic mass is 10.5. The van der Waals surface area contributed by atoms with Crippen LogP contribution in [-0.4, -0.2) is 37.5 Å². The van der Waals surface area contributed by atoms with Crippen molar-refractivity contribution in [3.05, 3.63) is 0 Å². The Hall–Kier alpha value is -1.06. The Balaban J connectivity index is 3.69. The molecular weight excluding hydrogens is 144 g/mol. The van der Waals surface area contributed by atoms with Crippen molar-refractivity contribution >= 4 is 12.4 Å². The molecule has 0 aliphatic rings. The fraction of sp³-hybridized carbons (Fsp3) is 0.714. The average molecular weight is 158 g/mol. The van der Waals surface area contributed by atoms with Crippen molar-refractivity contribution in [2.24, 2.45) is 4.99 Å². The van der Waals surface area contributed by atoms with Gasteiger partial charge in [0.2, 0.25) is 0 Å². The monoisotopic (exact) mass is 158 g/mol. The summed E-state index contributed by atoms with van der Waals surface area (Å²) in [5.74, 6) is 0. The van der Waals surface area contributed by atoms with Crippen LogP contribution >= 0.6 is 0 Å². The van der Waals surface area contributed by atoms with Crippen molar-refractivity contribution in [2.45, 2.75) is 20.0 Å². The molecule has 0 unspecified atom stereocenters. The number of hydrogen-bond donors (Lipinski definition) is 0. The van der Waals surface area contributed by atoms with Gasteiger partial charge < -0.3 is 9.64 Å². The second-order valence-electron chi connectivity index (χ2n) is 2.64. The second-order valence-corrected chi connectivity index (χ2v) is 2.64. The van der Waals surface area contributed by atoms with Gasteiger partial charge in [-0.15, -0.1) is 0 Å². The van der Waals surface area contributed by atoms with Crippen molar-refractivity contribution in [2.75, 3.05) is 14.1 Å². The molecule has 4 heteroatoms. The highest BCUT2D eigenvalue weighted by atomic mass is 16.6. The zero-order valence-electron chi connectivity index (χ0n) is 7.37. The number of carbonyl (C=O) groups is 1. The zero-order valence-corrected chi connectivity index (χ0v) is 7.37. The summed E-state index contributed by atoms with van der Waals surface area (Å²) in [6, 6.07) is 0. The molecule has 0 aliphatic heterocycles. The Morgan fingerprint density at radius 1 is 1.55 bits per heavy atom. The molecule has 1 amide bonds. The highest BCUT2D eigenvalue weighted by Gasteiger charge is 2.00. The third kappa shape index (κ3) is 6.83. The Labute approximate surface area is 66.9 Å². The first-order chi connectivity index (χ1) is 5.02. The number of ether oxygens (including phenoxy) is 1. The van der Waals surface area contributed by atoms with E-state index in [4.69, 9.17) is 4.74 Å². The van der Waals surface area contributed by atoms with Gasteiger partial charge in [-0.2, -0.15) is 4.99 Å². The summed E-state index contributed by atoms with van der Waals surface area (Å²) in [6.07, 6.45) is 0.751. The minimum atomic E-state index is -0.548. The largest absolute Gasteiger partial charge is 0.445 e. The summed E-state index contributed by atoms with van der Waals surface area (Å²) in [6.45, 7) is 3.56. The lowest BCUT2D eigenvalue weighted by Gasteiger charge is -2.04. The first-order valence-electron chi connectivity index (χ1n) is 3.43. The van der Waals surface area contributed by atoms with Gasteiger partial charge in [0.25, 0.3) is 0 Å². The zero-order chi connectivity index (χ0) is 8.85. The third-order valence-electron chi connectivity index (χ3n) is 0.731. The standard InChI is InChI=1S/C7H14N2O2/c1-6(2)11-7(10)8-5-9(3)4/h5-6H,1-4H3. The number of carbonyl (C=O) groups excluding carboxylic acids is 1. The molecule has 0 saturated heterocycles. The topological polar surface area (TPSA) is 41.9 Å². The predicted molar refractivity (Wildman–Crippen MR) is 43.8 cm³/mol. The fourth-order valence-corrected chi connectivity index (χ4v) is 0.395. The van der Waals surface area contributed by atoms with E-state index in [2.05, 4.69) is 4.99 Å². The predicted octanol–water partition coefficient (Wildman–Crippen LogP) is 1.12. The van der Waals surface area contributed by atoms with Gasteiger partial charge >= 0.3 is 6.09 Å². The van der Waals surface area contributed by atoms with E-state index < -0.39 is 6.09 Å². The Bertz CT molecular complexity index is 153. The molecule has 0 atom stereocenters. The summed E-state index contributed by atoms with van der Waals surface area (Å²) < 4.78 is 4.74. The van der Waals surface area contributed by atoms with Crippen molar-refractivity contribution < 1.29 is 9.53 Å². The van der Waals surface area contributed by atoms with Gasteiger partial charge in [0, 0.05) is 14.1 Å². The van der Waals surface area contributed by atoms with Crippen LogP contribution in [0.15, 0.2) is 4.99 Å². The van der Waals surface area contributed by atoms with Crippen LogP contribution in [0.2, 0.25) is 0 Å². The molecule has 0 aromatic heterocycles. The van der Waals surface area contributed by atoms with E-state index in [-0.39, 0.29) is 6.10 Å². The molecule has 0 bridgehead atoms. The molecule has 0 rings (SSSR count). The molecule has 0 spiro atoms. The Kier molecular flexibility index (Phi) is 4.26. The quantitative estimate of drug-likeness (QED) is 0.446. The molecule has 4 nitrogen and oxygen atoms in total. The lowest BCUT2D eigenvalue weighted by molar-refractivity contribution is 0.126. The lowest BCUT2D eigenvalue weighted by Crippen LogP contribution is -2.12. The molecule has 0 radical (unpaired) electrons. The Morgan fingerprint density at radius 2 is 2.09 bits per heavy atom. The van der Waals surface area contributed by atoms with Gasteiger partial charge in [0.05, 0.1) is 12.4 Å². The molecule has 0 aliphatic carbocycles. The van der Waals surface area contributed by atoms with E-state index in [1.807, 2.05) is 0 Å². The molecule has 0 saturated carbocycles. The SMILES string of the molecule is CC(C)OC(=O)N=CN(C)C. The van der Waals surface area contributed by atoms with E-state index in [1.54, 1.807) is 32.8 Å². The van der Waals surface area contributed by atoms with Gasteiger partial charge in [-0.25, -0.2) is 4.79 Å². The van der Waals surface area contributed by atoms with Crippen LogP contribution in [0, 0.1) is 0 Å². The maximum atomic E-state index is 10.7. The summed E-state index contributed by atoms with van der Waals surface area (Å²) >= 11 is 0. The van der Waals surface area contributed by atoms with Crippen LogP contribution in [0.3, 0.4) is 0 Å². The van der Waals surface area contributed by atoms with Crippen LogP contribution in [0.1, 0.15) is 13.8 Å². The van der Waals surface area contributed by atoms with Crippen LogP contribution in [0.4, 0.5) is 4.79 Å². The van der Waals surface area contributed by atoms with E-state index in [1.165, 1.54) is 6.34 Å². The molecule has 0 heterocycles. The van der Waals surface area contributed by atoms with E-state index in [0.717, 1.165) is 0 Å². The number of aliphatic imine (C=N–C) groups is 1. The molecule has 64 valence electrons. The van der Waals surface area contributed by atoms with Crippen molar-refractivity contribution in [1.82, 2.24) is 4.90 Å². The highest BCUT2D eigenvalue weighted by molar-refractivity contribution is 5.78. The normalized spacial score (nSPS) is 10.6. The summed E-state index contributed by atoms with van der Waals surface area (Å²) in [4.78, 5) is 15.9. The average Bonchev–Trinajstić information content (AvgIpc) is 1.82. The van der Waals surface area contributed by atoms with Crippen LogP contribution in [0.25, 0.3) is 0 Å². The summed E-state index contributed by atoms with van der Waals surface area (Å²) in [5.41, 5.74) is 0. The van der Waals surface area contributed by atoms with Gasteiger partial charge in [-0.1, -0.05) is 0 Å². The summed E-state index contributed by atoms with van der Waals surface area (Å²) in [5, 5.41) is 0. The van der Waals surface area contributed by atoms with Crippen LogP contribution < -0.4 is 0 Å². The van der Waals surface area contributed by atoms with Gasteiger partial charge in [0.15, 0.2) is 0 Å². The third-order valence-corrected chi connectivity index (χ3v) is 0.731. The number of rotatable bonds is 2. The van der Waals surface area contributed by atoms with Gasteiger partial charge in [-0.05, 0) is 13.8 Å². The molecule has 0 aromatic carbocycles. The van der Waals surface area contributed by atoms with E-state index in [0.29, 0.717) is 0 Å². The van der Waals surface area contributed by atoms with Gasteiger partial charge in [-0.3, -0.25) is 0 Å². The fourth-order valence-electron chi connectivity index (χ4n) is 0.395. The smallest absolute Gasteiger partial charge is 0.435 e. The second kappa shape index (κ2) is 4.71. The first kappa shape index (κ1) is 9.94. The number of nitrogens with zero attached hydrogens (tertiary/aromatic N) is 2. The van der Waals surface area contributed by atoms with E-state index >= 15 is 0 Å². The molecule has 0 N–H and O–H groups in total. The molecule has 0 fully saturated rings. The van der Waals surface area contributed by atoms with Gasteiger partial charge in [0.1, 0.15) is 0 Å². The van der Waals surface area contributed by atoms with Crippen molar-refractivity contribution in [1.29, 1.82) is 0 Å². The van der Waals surface area contributed by atoms with E-state index in [9.17, 15) is 4.79 Å². The minimum Gasteiger partial charge on any atom is -0.445 e. The minimum absolute atomic E-state index is 0.109. The van der Waals surface area contributed by atoms with Crippen LogP contribution in [0.5, 0.6) is 0 Å². The number of amides is 1. The molecule has 0 aromatic rings. The van der Waals surface area contributed by atoms with Crippen molar-refractivity contribution in [3.63, 3.8) is 0 Å². The molecular formula is C7H14N2O2.